The SMILES string of the molecule is O=C(NNC(=O)[C@@H]1C[C@H]1[N+](=O)[O-])C1CC1. The summed E-state index contributed by atoms with van der Waals surface area (Å²) in [4.78, 5) is 32.2. The van der Waals surface area contributed by atoms with E-state index in [1.807, 2.05) is 0 Å². The van der Waals surface area contributed by atoms with Crippen LogP contribution in [0.25, 0.3) is 0 Å². The maximum Gasteiger partial charge on any atom is 0.248 e. The van der Waals surface area contributed by atoms with E-state index in [0.717, 1.165) is 12.8 Å². The molecule has 2 N–H and O–H groups in total. The topological polar surface area (TPSA) is 101 Å². The van der Waals surface area contributed by atoms with Gasteiger partial charge in [-0.2, -0.15) is 0 Å². The Kier molecular flexibility index (Phi) is 2.29. The van der Waals surface area contributed by atoms with Crippen LogP contribution in [0.15, 0.2) is 0 Å². The second-order valence-corrected chi connectivity index (χ2v) is 3.95. The van der Waals surface area contributed by atoms with Crippen molar-refractivity contribution >= 4 is 11.8 Å². The highest BCUT2D eigenvalue weighted by Gasteiger charge is 2.53. The molecule has 2 rings (SSSR count). The van der Waals surface area contributed by atoms with E-state index in [1.54, 1.807) is 0 Å². The Hall–Kier alpha value is -1.66. The first-order valence-corrected chi connectivity index (χ1v) is 4.83. The van der Waals surface area contributed by atoms with E-state index in [1.165, 1.54) is 0 Å². The van der Waals surface area contributed by atoms with Crippen LogP contribution >= 0.6 is 0 Å². The first kappa shape index (κ1) is 9.88. The monoisotopic (exact) mass is 213 g/mol. The minimum absolute atomic E-state index is 0.0100. The van der Waals surface area contributed by atoms with Crippen LogP contribution in [0.2, 0.25) is 0 Å². The molecular weight excluding hydrogens is 202 g/mol. The molecule has 0 heterocycles. The number of nitrogens with one attached hydrogen (secondary N) is 2. The number of nitrogens with zero attached hydrogens (tertiary/aromatic N) is 1. The maximum absolute atomic E-state index is 11.2. The highest BCUT2D eigenvalue weighted by molar-refractivity contribution is 5.86. The Labute approximate surface area is 85.3 Å². The predicted octanol–water partition coefficient (Wildman–Crippen LogP) is -0.791. The van der Waals surface area contributed by atoms with Gasteiger partial charge >= 0.3 is 0 Å². The van der Waals surface area contributed by atoms with E-state index < -0.39 is 22.8 Å². The molecule has 0 bridgehead atoms. The number of nitro groups is 1. The van der Waals surface area contributed by atoms with Gasteiger partial charge in [-0.25, -0.2) is 0 Å². The van der Waals surface area contributed by atoms with Crippen LogP contribution in [-0.4, -0.2) is 22.8 Å². The molecule has 15 heavy (non-hydrogen) atoms. The molecule has 2 fully saturated rings. The van der Waals surface area contributed by atoms with Crippen LogP contribution in [0, 0.1) is 22.0 Å². The van der Waals surface area contributed by atoms with E-state index >= 15 is 0 Å². The van der Waals surface area contributed by atoms with Crippen LogP contribution in [-0.2, 0) is 9.59 Å². The molecule has 0 aromatic rings. The van der Waals surface area contributed by atoms with Gasteiger partial charge in [0.15, 0.2) is 0 Å². The standard InChI is InChI=1S/C8H11N3O4/c12-7(4-1-2-4)9-10-8(13)5-3-6(5)11(14)15/h4-6H,1-3H2,(H,9,12)(H,10,13)/t5-,6-/m1/s1. The molecule has 2 amide bonds. The molecule has 2 aliphatic carbocycles. The fraction of sp³-hybridized carbons (Fsp3) is 0.750. The zero-order valence-electron chi connectivity index (χ0n) is 7.93. The lowest BCUT2D eigenvalue weighted by molar-refractivity contribution is -0.497. The number of hydrogen-bond acceptors (Lipinski definition) is 4. The summed E-state index contributed by atoms with van der Waals surface area (Å²) in [6.07, 6.45) is 1.96. The van der Waals surface area contributed by atoms with Gasteiger partial charge in [0.1, 0.15) is 5.92 Å². The Morgan fingerprint density at radius 2 is 1.80 bits per heavy atom. The van der Waals surface area contributed by atoms with E-state index in [2.05, 4.69) is 10.9 Å². The third-order valence-electron chi connectivity index (χ3n) is 2.62. The van der Waals surface area contributed by atoms with Gasteiger partial charge < -0.3 is 0 Å². The summed E-state index contributed by atoms with van der Waals surface area (Å²) in [7, 11) is 0. The van der Waals surface area contributed by atoms with Crippen molar-refractivity contribution in [1.29, 1.82) is 0 Å². The maximum atomic E-state index is 11.2. The fourth-order valence-corrected chi connectivity index (χ4v) is 1.36. The summed E-state index contributed by atoms with van der Waals surface area (Å²) < 4.78 is 0. The van der Waals surface area contributed by atoms with Gasteiger partial charge in [-0.15, -0.1) is 0 Å². The van der Waals surface area contributed by atoms with Crippen LogP contribution < -0.4 is 10.9 Å². The summed E-state index contributed by atoms with van der Waals surface area (Å²) in [6.45, 7) is 0. The quantitative estimate of drug-likeness (QED) is 0.473. The number of amides is 2. The average Bonchev–Trinajstić information content (AvgIpc) is 3.05. The molecule has 0 radical (unpaired) electrons. The molecule has 7 nitrogen and oxygen atoms in total. The van der Waals surface area contributed by atoms with Gasteiger partial charge in [0.05, 0.1) is 0 Å². The lowest BCUT2D eigenvalue weighted by Gasteiger charge is -2.04. The van der Waals surface area contributed by atoms with Crippen LogP contribution in [0.3, 0.4) is 0 Å². The number of carbonyl (C=O) groups is 2. The smallest absolute Gasteiger partial charge is 0.248 e. The highest BCUT2D eigenvalue weighted by atomic mass is 16.6. The lowest BCUT2D eigenvalue weighted by Crippen LogP contribution is -2.43. The van der Waals surface area contributed by atoms with Crippen molar-refractivity contribution in [1.82, 2.24) is 10.9 Å². The zero-order valence-corrected chi connectivity index (χ0v) is 7.93. The third-order valence-corrected chi connectivity index (χ3v) is 2.62. The normalized spacial score (nSPS) is 28.0. The molecular formula is C8H11N3O4. The molecule has 2 aliphatic rings. The molecule has 2 saturated carbocycles. The largest absolute Gasteiger partial charge is 0.273 e. The van der Waals surface area contributed by atoms with Crippen LogP contribution in [0.1, 0.15) is 19.3 Å². The molecule has 7 heteroatoms. The van der Waals surface area contributed by atoms with Crippen molar-refractivity contribution in [2.45, 2.75) is 25.3 Å². The zero-order chi connectivity index (χ0) is 11.0. The highest BCUT2D eigenvalue weighted by Crippen LogP contribution is 2.33. The summed E-state index contributed by atoms with van der Waals surface area (Å²) in [5, 5.41) is 10.3. The Morgan fingerprint density at radius 3 is 2.27 bits per heavy atom. The number of rotatable bonds is 3. The summed E-state index contributed by atoms with van der Waals surface area (Å²) >= 11 is 0. The molecule has 82 valence electrons. The van der Waals surface area contributed by atoms with Gasteiger partial charge in [0.25, 0.3) is 0 Å². The van der Waals surface area contributed by atoms with E-state index in [0.29, 0.717) is 0 Å². The number of hydrogen-bond donors (Lipinski definition) is 2. The molecule has 0 aromatic heterocycles. The van der Waals surface area contributed by atoms with Gasteiger partial charge in [-0.1, -0.05) is 0 Å². The van der Waals surface area contributed by atoms with Crippen molar-refractivity contribution in [3.63, 3.8) is 0 Å². The van der Waals surface area contributed by atoms with Crippen molar-refractivity contribution in [3.8, 4) is 0 Å². The first-order valence-electron chi connectivity index (χ1n) is 4.83. The van der Waals surface area contributed by atoms with Crippen LogP contribution in [0.5, 0.6) is 0 Å². The molecule has 0 unspecified atom stereocenters. The number of carbonyl (C=O) groups excluding carboxylic acids is 2. The molecule has 0 aromatic carbocycles. The van der Waals surface area contributed by atoms with Gasteiger partial charge in [0, 0.05) is 17.3 Å². The van der Waals surface area contributed by atoms with Crippen molar-refractivity contribution in [3.05, 3.63) is 10.1 Å². The number of hydrazine groups is 1. The second kappa shape index (κ2) is 3.48. The summed E-state index contributed by atoms with van der Waals surface area (Å²) in [5.41, 5.74) is 4.47. The average molecular weight is 213 g/mol. The Morgan fingerprint density at radius 1 is 1.20 bits per heavy atom. The molecule has 0 saturated heterocycles. The van der Waals surface area contributed by atoms with E-state index in [-0.39, 0.29) is 18.2 Å². The summed E-state index contributed by atoms with van der Waals surface area (Å²) in [6, 6.07) is -0.775. The van der Waals surface area contributed by atoms with E-state index in [4.69, 9.17) is 0 Å². The van der Waals surface area contributed by atoms with Gasteiger partial charge in [0.2, 0.25) is 17.9 Å². The Bertz CT molecular complexity index is 326. The van der Waals surface area contributed by atoms with Crippen molar-refractivity contribution in [2.24, 2.45) is 11.8 Å². The first-order chi connectivity index (χ1) is 7.09. The van der Waals surface area contributed by atoms with Crippen molar-refractivity contribution < 1.29 is 14.5 Å². The van der Waals surface area contributed by atoms with Gasteiger partial charge in [-0.3, -0.25) is 30.6 Å². The molecule has 0 aliphatic heterocycles. The summed E-state index contributed by atoms with van der Waals surface area (Å²) in [5.74, 6) is -1.25. The minimum Gasteiger partial charge on any atom is -0.273 e. The van der Waals surface area contributed by atoms with Crippen molar-refractivity contribution in [2.75, 3.05) is 0 Å². The van der Waals surface area contributed by atoms with E-state index in [9.17, 15) is 19.7 Å². The fourth-order valence-electron chi connectivity index (χ4n) is 1.36. The van der Waals surface area contributed by atoms with Gasteiger partial charge in [-0.05, 0) is 12.8 Å². The second-order valence-electron chi connectivity index (χ2n) is 3.95. The lowest BCUT2D eigenvalue weighted by atomic mass is 10.4. The molecule has 0 spiro atoms. The minimum atomic E-state index is -0.775. The Balaban J connectivity index is 1.69. The third kappa shape index (κ3) is 2.23. The van der Waals surface area contributed by atoms with Crippen LogP contribution in [0.4, 0.5) is 0 Å². The molecule has 2 atom stereocenters. The predicted molar refractivity (Wildman–Crippen MR) is 47.9 cm³/mol.